The number of nitrogens with zero attached hydrogens (tertiary/aromatic N) is 3. The van der Waals surface area contributed by atoms with Gasteiger partial charge in [-0.1, -0.05) is 42.5 Å². The first kappa shape index (κ1) is 21.3. The Morgan fingerprint density at radius 1 is 1.03 bits per heavy atom. The van der Waals surface area contributed by atoms with Crippen LogP contribution in [0.2, 0.25) is 0 Å². The fourth-order valence-corrected chi connectivity index (χ4v) is 5.30. The summed E-state index contributed by atoms with van der Waals surface area (Å²) in [6.45, 7) is 3.36. The SMILES string of the molecule is Cc1ccccc1Cn1ccc(NC(=O)C2CCN(S(=O)(=O)c3ccccc3)CC2)n1. The molecule has 1 fully saturated rings. The third-order valence-electron chi connectivity index (χ3n) is 5.69. The van der Waals surface area contributed by atoms with Gasteiger partial charge in [-0.2, -0.15) is 9.40 Å². The summed E-state index contributed by atoms with van der Waals surface area (Å²) in [6, 6.07) is 18.3. The summed E-state index contributed by atoms with van der Waals surface area (Å²) in [5, 5.41) is 7.33. The van der Waals surface area contributed by atoms with E-state index in [4.69, 9.17) is 0 Å². The van der Waals surface area contributed by atoms with Gasteiger partial charge in [0, 0.05) is 31.3 Å². The third-order valence-corrected chi connectivity index (χ3v) is 7.60. The minimum Gasteiger partial charge on any atom is -0.309 e. The van der Waals surface area contributed by atoms with Gasteiger partial charge in [-0.3, -0.25) is 9.48 Å². The molecule has 0 spiro atoms. The number of hydrogen-bond donors (Lipinski definition) is 1. The van der Waals surface area contributed by atoms with Crippen molar-refractivity contribution in [1.82, 2.24) is 14.1 Å². The molecule has 2 heterocycles. The number of benzene rings is 2. The molecule has 162 valence electrons. The van der Waals surface area contributed by atoms with Crippen LogP contribution in [0.4, 0.5) is 5.82 Å². The van der Waals surface area contributed by atoms with E-state index in [1.165, 1.54) is 15.4 Å². The Labute approximate surface area is 182 Å². The van der Waals surface area contributed by atoms with E-state index in [1.54, 1.807) is 41.1 Å². The summed E-state index contributed by atoms with van der Waals surface area (Å²) in [5.74, 6) is 0.166. The molecule has 31 heavy (non-hydrogen) atoms. The van der Waals surface area contributed by atoms with Crippen LogP contribution in [-0.2, 0) is 21.4 Å². The lowest BCUT2D eigenvalue weighted by Gasteiger charge is -2.30. The average molecular weight is 439 g/mol. The predicted octanol–water partition coefficient (Wildman–Crippen LogP) is 3.28. The summed E-state index contributed by atoms with van der Waals surface area (Å²) >= 11 is 0. The molecule has 3 aromatic rings. The number of amides is 1. The zero-order valence-electron chi connectivity index (χ0n) is 17.4. The molecule has 0 bridgehead atoms. The van der Waals surface area contributed by atoms with Crippen LogP contribution in [0.15, 0.2) is 71.8 Å². The number of carbonyl (C=O) groups is 1. The molecule has 7 nitrogen and oxygen atoms in total. The predicted molar refractivity (Wildman–Crippen MR) is 119 cm³/mol. The van der Waals surface area contributed by atoms with Gasteiger partial charge in [0.2, 0.25) is 15.9 Å². The summed E-state index contributed by atoms with van der Waals surface area (Å²) in [4.78, 5) is 13.0. The fraction of sp³-hybridized carbons (Fsp3) is 0.304. The van der Waals surface area contributed by atoms with E-state index in [1.807, 2.05) is 18.3 Å². The van der Waals surface area contributed by atoms with Crippen molar-refractivity contribution in [3.8, 4) is 0 Å². The highest BCUT2D eigenvalue weighted by molar-refractivity contribution is 7.89. The van der Waals surface area contributed by atoms with Crippen molar-refractivity contribution < 1.29 is 13.2 Å². The Morgan fingerprint density at radius 2 is 1.71 bits per heavy atom. The van der Waals surface area contributed by atoms with E-state index in [0.717, 1.165) is 0 Å². The van der Waals surface area contributed by atoms with Gasteiger partial charge in [0.25, 0.3) is 0 Å². The zero-order valence-corrected chi connectivity index (χ0v) is 18.3. The van der Waals surface area contributed by atoms with Crippen LogP contribution in [0.25, 0.3) is 0 Å². The second kappa shape index (κ2) is 9.03. The van der Waals surface area contributed by atoms with Gasteiger partial charge >= 0.3 is 0 Å². The molecule has 1 amide bonds. The molecular weight excluding hydrogens is 412 g/mol. The minimum absolute atomic E-state index is 0.113. The first-order valence-corrected chi connectivity index (χ1v) is 11.8. The van der Waals surface area contributed by atoms with Gasteiger partial charge in [-0.15, -0.1) is 0 Å². The van der Waals surface area contributed by atoms with Crippen molar-refractivity contribution in [2.24, 2.45) is 5.92 Å². The smallest absolute Gasteiger partial charge is 0.243 e. The quantitative estimate of drug-likeness (QED) is 0.640. The number of sulfonamides is 1. The van der Waals surface area contributed by atoms with E-state index in [2.05, 4.69) is 29.5 Å². The molecular formula is C23H26N4O3S. The van der Waals surface area contributed by atoms with Crippen molar-refractivity contribution in [2.45, 2.75) is 31.2 Å². The standard InChI is InChI=1S/C23H26N4O3S/c1-18-7-5-6-8-20(18)17-26-14-13-22(25-26)24-23(28)19-11-15-27(16-12-19)31(29,30)21-9-3-2-4-10-21/h2-10,13-14,19H,11-12,15-17H2,1H3,(H,24,25,28). The summed E-state index contributed by atoms with van der Waals surface area (Å²) < 4.78 is 28.7. The van der Waals surface area contributed by atoms with Gasteiger partial charge in [0.15, 0.2) is 5.82 Å². The molecule has 1 aliphatic rings. The first-order chi connectivity index (χ1) is 14.9. The average Bonchev–Trinajstić information content (AvgIpc) is 3.23. The summed E-state index contributed by atoms with van der Waals surface area (Å²) in [7, 11) is -3.51. The van der Waals surface area contributed by atoms with E-state index < -0.39 is 10.0 Å². The Bertz CT molecular complexity index is 1150. The molecule has 2 aromatic carbocycles. The molecule has 0 unspecified atom stereocenters. The number of rotatable bonds is 6. The third kappa shape index (κ3) is 4.86. The van der Waals surface area contributed by atoms with E-state index in [0.29, 0.717) is 38.3 Å². The lowest BCUT2D eigenvalue weighted by atomic mass is 9.97. The Morgan fingerprint density at radius 3 is 2.42 bits per heavy atom. The summed E-state index contributed by atoms with van der Waals surface area (Å²) in [5.41, 5.74) is 2.37. The van der Waals surface area contributed by atoms with Crippen molar-refractivity contribution in [3.05, 3.63) is 78.0 Å². The van der Waals surface area contributed by atoms with Crippen molar-refractivity contribution in [3.63, 3.8) is 0 Å². The second-order valence-corrected chi connectivity index (χ2v) is 9.74. The maximum absolute atomic E-state index is 12.7. The molecule has 0 atom stereocenters. The van der Waals surface area contributed by atoms with Crippen LogP contribution in [0.1, 0.15) is 24.0 Å². The van der Waals surface area contributed by atoms with Crippen LogP contribution >= 0.6 is 0 Å². The second-order valence-electron chi connectivity index (χ2n) is 7.81. The van der Waals surface area contributed by atoms with Crippen LogP contribution in [0.3, 0.4) is 0 Å². The Hall–Kier alpha value is -2.97. The number of aromatic nitrogens is 2. The zero-order chi connectivity index (χ0) is 21.8. The lowest BCUT2D eigenvalue weighted by molar-refractivity contribution is -0.120. The van der Waals surface area contributed by atoms with Gasteiger partial charge in [-0.25, -0.2) is 8.42 Å². The number of nitrogens with one attached hydrogen (secondary N) is 1. The molecule has 1 N–H and O–H groups in total. The maximum Gasteiger partial charge on any atom is 0.243 e. The van der Waals surface area contributed by atoms with E-state index in [9.17, 15) is 13.2 Å². The molecule has 0 saturated carbocycles. The molecule has 4 rings (SSSR count). The lowest BCUT2D eigenvalue weighted by Crippen LogP contribution is -2.41. The molecule has 0 aliphatic carbocycles. The Kier molecular flexibility index (Phi) is 6.20. The molecule has 1 aliphatic heterocycles. The number of piperidine rings is 1. The minimum atomic E-state index is -3.51. The number of aryl methyl sites for hydroxylation is 1. The van der Waals surface area contributed by atoms with Gasteiger partial charge in [-0.05, 0) is 43.0 Å². The molecule has 1 saturated heterocycles. The largest absolute Gasteiger partial charge is 0.309 e. The van der Waals surface area contributed by atoms with E-state index in [-0.39, 0.29) is 16.7 Å². The Balaban J connectivity index is 1.33. The topological polar surface area (TPSA) is 84.3 Å². The number of carbonyl (C=O) groups excluding carboxylic acids is 1. The molecule has 8 heteroatoms. The molecule has 0 radical (unpaired) electrons. The van der Waals surface area contributed by atoms with Crippen LogP contribution in [0.5, 0.6) is 0 Å². The first-order valence-electron chi connectivity index (χ1n) is 10.4. The van der Waals surface area contributed by atoms with Crippen molar-refractivity contribution >= 4 is 21.7 Å². The monoisotopic (exact) mass is 438 g/mol. The number of hydrogen-bond acceptors (Lipinski definition) is 4. The van der Waals surface area contributed by atoms with Gasteiger partial charge in [0.1, 0.15) is 0 Å². The highest BCUT2D eigenvalue weighted by Gasteiger charge is 2.32. The van der Waals surface area contributed by atoms with Crippen molar-refractivity contribution in [1.29, 1.82) is 0 Å². The molecule has 1 aromatic heterocycles. The van der Waals surface area contributed by atoms with Crippen LogP contribution in [0, 0.1) is 12.8 Å². The van der Waals surface area contributed by atoms with E-state index >= 15 is 0 Å². The van der Waals surface area contributed by atoms with Gasteiger partial charge < -0.3 is 5.32 Å². The maximum atomic E-state index is 12.7. The van der Waals surface area contributed by atoms with Gasteiger partial charge in [0.05, 0.1) is 11.4 Å². The number of anilines is 1. The fourth-order valence-electron chi connectivity index (χ4n) is 3.81. The van der Waals surface area contributed by atoms with Crippen LogP contribution in [-0.4, -0.2) is 41.5 Å². The normalized spacial score (nSPS) is 15.6. The van der Waals surface area contributed by atoms with Crippen LogP contribution < -0.4 is 5.32 Å². The highest BCUT2D eigenvalue weighted by Crippen LogP contribution is 2.24. The highest BCUT2D eigenvalue weighted by atomic mass is 32.2. The summed E-state index contributed by atoms with van der Waals surface area (Å²) in [6.07, 6.45) is 2.82. The van der Waals surface area contributed by atoms with Crippen molar-refractivity contribution in [2.75, 3.05) is 18.4 Å².